The zero-order chi connectivity index (χ0) is 15.5. The molecule has 1 unspecified atom stereocenters. The monoisotopic (exact) mass is 303 g/mol. The third kappa shape index (κ3) is 3.68. The van der Waals surface area contributed by atoms with Gasteiger partial charge in [-0.05, 0) is 39.2 Å². The lowest BCUT2D eigenvalue weighted by Crippen LogP contribution is -2.43. The number of likely N-dealkylation sites (N-methyl/N-ethyl adjacent to an activating group) is 2. The molecule has 0 aliphatic carbocycles. The Balaban J connectivity index is 3.21. The second-order valence-electron chi connectivity index (χ2n) is 5.00. The molecule has 0 radical (unpaired) electrons. The van der Waals surface area contributed by atoms with Crippen LogP contribution in [-0.4, -0.2) is 50.8 Å². The molecule has 114 valence electrons. The third-order valence-electron chi connectivity index (χ3n) is 2.99. The number of nitrogen functional groups attached to an aromatic ring is 1. The molecule has 0 heterocycles. The van der Waals surface area contributed by atoms with Crippen LogP contribution in [-0.2, 0) is 10.0 Å². The van der Waals surface area contributed by atoms with E-state index in [1.165, 1.54) is 10.4 Å². The maximum atomic E-state index is 13.3. The van der Waals surface area contributed by atoms with Crippen molar-refractivity contribution in [3.63, 3.8) is 0 Å². The highest BCUT2D eigenvalue weighted by atomic mass is 32.2. The van der Waals surface area contributed by atoms with Gasteiger partial charge in [0.1, 0.15) is 10.7 Å². The number of halogens is 1. The fourth-order valence-electron chi connectivity index (χ4n) is 2.20. The SMILES string of the molecule is CCN(C(C)CN(C)C)S(=O)(=O)c1cc(F)ccc1N. The van der Waals surface area contributed by atoms with E-state index in [4.69, 9.17) is 5.73 Å². The molecule has 0 aliphatic heterocycles. The van der Waals surface area contributed by atoms with E-state index in [0.717, 1.165) is 12.1 Å². The predicted molar refractivity (Wildman–Crippen MR) is 78.4 cm³/mol. The maximum Gasteiger partial charge on any atom is 0.245 e. The Morgan fingerprint density at radius 2 is 1.95 bits per heavy atom. The summed E-state index contributed by atoms with van der Waals surface area (Å²) in [5.41, 5.74) is 5.74. The van der Waals surface area contributed by atoms with Crippen LogP contribution in [0.1, 0.15) is 13.8 Å². The number of benzene rings is 1. The first-order valence-electron chi connectivity index (χ1n) is 6.41. The lowest BCUT2D eigenvalue weighted by molar-refractivity contribution is 0.271. The molecule has 0 saturated heterocycles. The van der Waals surface area contributed by atoms with Crippen molar-refractivity contribution >= 4 is 15.7 Å². The number of anilines is 1. The van der Waals surface area contributed by atoms with Gasteiger partial charge in [-0.1, -0.05) is 6.92 Å². The van der Waals surface area contributed by atoms with Crippen molar-refractivity contribution in [3.05, 3.63) is 24.0 Å². The van der Waals surface area contributed by atoms with E-state index < -0.39 is 15.8 Å². The summed E-state index contributed by atoms with van der Waals surface area (Å²) >= 11 is 0. The molecule has 0 aliphatic rings. The summed E-state index contributed by atoms with van der Waals surface area (Å²) < 4.78 is 39.9. The van der Waals surface area contributed by atoms with Gasteiger partial charge in [0.15, 0.2) is 0 Å². The summed E-state index contributed by atoms with van der Waals surface area (Å²) in [7, 11) is -0.0704. The zero-order valence-corrected chi connectivity index (χ0v) is 13.1. The highest BCUT2D eigenvalue weighted by molar-refractivity contribution is 7.89. The average Bonchev–Trinajstić information content (AvgIpc) is 2.31. The van der Waals surface area contributed by atoms with E-state index in [2.05, 4.69) is 0 Å². The minimum absolute atomic E-state index is 0.0573. The molecule has 0 aromatic heterocycles. The summed E-state index contributed by atoms with van der Waals surface area (Å²) in [6.07, 6.45) is 0. The molecule has 2 N–H and O–H groups in total. The molecule has 0 spiro atoms. The third-order valence-corrected chi connectivity index (χ3v) is 5.14. The number of rotatable bonds is 6. The minimum Gasteiger partial charge on any atom is -0.398 e. The van der Waals surface area contributed by atoms with Gasteiger partial charge >= 0.3 is 0 Å². The highest BCUT2D eigenvalue weighted by Crippen LogP contribution is 2.24. The summed E-state index contributed by atoms with van der Waals surface area (Å²) in [5.74, 6) is -0.617. The molecule has 0 amide bonds. The van der Waals surface area contributed by atoms with Gasteiger partial charge in [-0.2, -0.15) is 4.31 Å². The van der Waals surface area contributed by atoms with E-state index >= 15 is 0 Å². The van der Waals surface area contributed by atoms with Crippen molar-refractivity contribution in [1.82, 2.24) is 9.21 Å². The molecule has 5 nitrogen and oxygen atoms in total. The fraction of sp³-hybridized carbons (Fsp3) is 0.538. The first-order chi connectivity index (χ1) is 9.20. The van der Waals surface area contributed by atoms with Crippen LogP contribution in [0, 0.1) is 5.82 Å². The van der Waals surface area contributed by atoms with Crippen molar-refractivity contribution in [1.29, 1.82) is 0 Å². The first kappa shape index (κ1) is 16.9. The van der Waals surface area contributed by atoms with Gasteiger partial charge in [0, 0.05) is 19.1 Å². The van der Waals surface area contributed by atoms with Gasteiger partial charge in [-0.3, -0.25) is 0 Å². The Bertz CT molecular complexity index is 561. The molecule has 1 atom stereocenters. The van der Waals surface area contributed by atoms with Gasteiger partial charge in [0.05, 0.1) is 5.69 Å². The molecule has 1 aromatic rings. The number of nitrogens with two attached hydrogens (primary N) is 1. The predicted octanol–water partition coefficient (Wildman–Crippen LogP) is 1.37. The van der Waals surface area contributed by atoms with Crippen LogP contribution < -0.4 is 5.73 Å². The normalized spacial score (nSPS) is 13.9. The lowest BCUT2D eigenvalue weighted by atomic mass is 10.3. The van der Waals surface area contributed by atoms with Gasteiger partial charge in [0.2, 0.25) is 10.0 Å². The first-order valence-corrected chi connectivity index (χ1v) is 7.85. The summed E-state index contributed by atoms with van der Waals surface area (Å²) in [6, 6.07) is 3.15. The second kappa shape index (κ2) is 6.51. The molecule has 0 fully saturated rings. The standard InChI is InChI=1S/C13H22FN3O2S/c1-5-17(10(2)9-16(3)4)20(18,19)13-8-11(14)6-7-12(13)15/h6-8,10H,5,9,15H2,1-4H3. The van der Waals surface area contributed by atoms with Gasteiger partial charge in [-0.15, -0.1) is 0 Å². The number of hydrogen-bond acceptors (Lipinski definition) is 4. The van der Waals surface area contributed by atoms with E-state index in [9.17, 15) is 12.8 Å². The minimum atomic E-state index is -3.81. The van der Waals surface area contributed by atoms with Crippen molar-refractivity contribution in [2.75, 3.05) is 32.9 Å². The molecule has 1 aromatic carbocycles. The van der Waals surface area contributed by atoms with Gasteiger partial charge < -0.3 is 10.6 Å². The molecule has 20 heavy (non-hydrogen) atoms. The molecule has 0 saturated carbocycles. The Hall–Kier alpha value is -1.18. The van der Waals surface area contributed by atoms with Crippen molar-refractivity contribution in [2.24, 2.45) is 0 Å². The number of sulfonamides is 1. The van der Waals surface area contributed by atoms with Crippen molar-refractivity contribution < 1.29 is 12.8 Å². The van der Waals surface area contributed by atoms with Crippen molar-refractivity contribution in [2.45, 2.75) is 24.8 Å². The Morgan fingerprint density at radius 3 is 2.45 bits per heavy atom. The van der Waals surface area contributed by atoms with Crippen LogP contribution >= 0.6 is 0 Å². The summed E-state index contributed by atoms with van der Waals surface area (Å²) in [5, 5.41) is 0. The number of nitrogens with zero attached hydrogens (tertiary/aromatic N) is 2. The molecule has 0 bridgehead atoms. The lowest BCUT2D eigenvalue weighted by Gasteiger charge is -2.29. The number of hydrogen-bond donors (Lipinski definition) is 1. The maximum absolute atomic E-state index is 13.3. The Labute approximate surface area is 120 Å². The van der Waals surface area contributed by atoms with E-state index in [1.807, 2.05) is 25.9 Å². The topological polar surface area (TPSA) is 66.6 Å². The average molecular weight is 303 g/mol. The fourth-order valence-corrected chi connectivity index (χ4v) is 3.96. The van der Waals surface area contributed by atoms with Crippen LogP contribution in [0.4, 0.5) is 10.1 Å². The molecule has 7 heteroatoms. The van der Waals surface area contributed by atoms with Gasteiger partial charge in [0.25, 0.3) is 0 Å². The van der Waals surface area contributed by atoms with Gasteiger partial charge in [-0.25, -0.2) is 12.8 Å². The van der Waals surface area contributed by atoms with E-state index in [-0.39, 0.29) is 16.6 Å². The second-order valence-corrected chi connectivity index (χ2v) is 6.86. The Kier molecular flexibility index (Phi) is 5.50. The van der Waals surface area contributed by atoms with Crippen LogP contribution in [0.3, 0.4) is 0 Å². The van der Waals surface area contributed by atoms with E-state index in [1.54, 1.807) is 6.92 Å². The smallest absolute Gasteiger partial charge is 0.245 e. The zero-order valence-electron chi connectivity index (χ0n) is 12.3. The summed E-state index contributed by atoms with van der Waals surface area (Å²) in [4.78, 5) is 1.72. The summed E-state index contributed by atoms with van der Waals surface area (Å²) in [6.45, 7) is 4.44. The molecule has 1 rings (SSSR count). The molecular weight excluding hydrogens is 281 g/mol. The van der Waals surface area contributed by atoms with Crippen LogP contribution in [0.5, 0.6) is 0 Å². The van der Waals surface area contributed by atoms with Crippen molar-refractivity contribution in [3.8, 4) is 0 Å². The quantitative estimate of drug-likeness (QED) is 0.806. The van der Waals surface area contributed by atoms with Crippen LogP contribution in [0.25, 0.3) is 0 Å². The van der Waals surface area contributed by atoms with Crippen LogP contribution in [0.15, 0.2) is 23.1 Å². The van der Waals surface area contributed by atoms with E-state index in [0.29, 0.717) is 13.1 Å². The largest absolute Gasteiger partial charge is 0.398 e. The Morgan fingerprint density at radius 1 is 1.35 bits per heavy atom. The van der Waals surface area contributed by atoms with Crippen LogP contribution in [0.2, 0.25) is 0 Å². The highest BCUT2D eigenvalue weighted by Gasteiger charge is 2.29. The molecular formula is C13H22FN3O2S.